The smallest absolute Gasteiger partial charge is 0.130 e. The van der Waals surface area contributed by atoms with Gasteiger partial charge < -0.3 is 0 Å². The van der Waals surface area contributed by atoms with E-state index in [1.165, 1.54) is 12.1 Å². The van der Waals surface area contributed by atoms with Gasteiger partial charge in [-0.15, -0.1) is 0 Å². The normalized spacial score (nSPS) is 14.1. The highest BCUT2D eigenvalue weighted by molar-refractivity contribution is 9.10. The summed E-state index contributed by atoms with van der Waals surface area (Å²) in [6.07, 6.45) is 0. The molecule has 0 saturated carbocycles. The van der Waals surface area contributed by atoms with Crippen LogP contribution < -0.4 is 0 Å². The van der Waals surface area contributed by atoms with Gasteiger partial charge in [0.2, 0.25) is 0 Å². The van der Waals surface area contributed by atoms with Crippen molar-refractivity contribution in [1.29, 1.82) is 0 Å². The Morgan fingerprint density at radius 1 is 1.13 bits per heavy atom. The Morgan fingerprint density at radius 2 is 1.53 bits per heavy atom. The molecule has 1 atom stereocenters. The summed E-state index contributed by atoms with van der Waals surface area (Å²) in [5, 5.41) is 0. The van der Waals surface area contributed by atoms with E-state index in [1.54, 1.807) is 0 Å². The fraction of sp³-hybridized carbons (Fsp3) is 0.455. The number of hydrogen-bond acceptors (Lipinski definition) is 0. The van der Waals surface area contributed by atoms with E-state index in [0.717, 1.165) is 0 Å². The summed E-state index contributed by atoms with van der Waals surface area (Å²) in [6.45, 7) is 8.23. The highest BCUT2D eigenvalue weighted by Gasteiger charge is 2.28. The van der Waals surface area contributed by atoms with Crippen LogP contribution >= 0.6 is 15.9 Å². The van der Waals surface area contributed by atoms with Crippen molar-refractivity contribution in [2.75, 3.05) is 0 Å². The third kappa shape index (κ3) is 2.88. The molecule has 0 radical (unpaired) electrons. The van der Waals surface area contributed by atoms with Gasteiger partial charge in [0, 0.05) is 10.0 Å². The first-order valence-electron chi connectivity index (χ1n) is 4.88. The molecule has 0 aromatic heterocycles. The number of benzene rings is 1. The van der Waals surface area contributed by atoms with Crippen LogP contribution in [0.1, 0.15) is 18.0 Å². The van der Waals surface area contributed by atoms with Gasteiger partial charge in [0.15, 0.2) is 0 Å². The van der Waals surface area contributed by atoms with E-state index in [2.05, 4.69) is 35.6 Å². The Kier molecular flexibility index (Phi) is 3.71. The predicted molar refractivity (Wildman–Crippen MR) is 65.8 cm³/mol. The monoisotopic (exact) mass is 292 g/mol. The predicted octanol–water partition coefficient (Wildman–Crippen LogP) is 4.71. The molecule has 1 unspecified atom stereocenters. The topological polar surface area (TPSA) is 0 Å². The largest absolute Gasteiger partial charge is 0.207 e. The molecule has 0 aliphatic carbocycles. The highest BCUT2D eigenvalue weighted by atomic mass is 79.9. The van der Waals surface area contributed by atoms with Crippen LogP contribution in [-0.2, 0) is 0 Å². The van der Waals surface area contributed by atoms with Gasteiger partial charge in [-0.05, 0) is 17.7 Å². The Bertz CT molecular complexity index is 348. The Labute approximate surface area is 98.8 Å². The van der Waals surface area contributed by atoms with E-state index < -0.39 is 19.7 Å². The first kappa shape index (κ1) is 12.8. The van der Waals surface area contributed by atoms with Crippen molar-refractivity contribution >= 4 is 24.0 Å². The molecule has 1 aromatic carbocycles. The third-order valence-electron chi connectivity index (χ3n) is 2.78. The fourth-order valence-corrected chi connectivity index (χ4v) is 2.94. The van der Waals surface area contributed by atoms with Gasteiger partial charge in [0.25, 0.3) is 0 Å². The molecule has 0 amide bonds. The lowest BCUT2D eigenvalue weighted by Crippen LogP contribution is -2.30. The van der Waals surface area contributed by atoms with Crippen molar-refractivity contribution in [2.24, 2.45) is 0 Å². The minimum Gasteiger partial charge on any atom is -0.207 e. The minimum atomic E-state index is -1.58. The summed E-state index contributed by atoms with van der Waals surface area (Å²) in [7, 11) is -1.58. The molecule has 0 aliphatic rings. The van der Waals surface area contributed by atoms with Gasteiger partial charge in [0.05, 0.1) is 8.07 Å². The molecule has 0 fully saturated rings. The molecular weight excluding hydrogens is 278 g/mol. The van der Waals surface area contributed by atoms with E-state index in [-0.39, 0.29) is 11.1 Å². The van der Waals surface area contributed by atoms with Crippen LogP contribution in [0.3, 0.4) is 0 Å². The molecule has 0 bridgehead atoms. The van der Waals surface area contributed by atoms with Gasteiger partial charge in [-0.2, -0.15) is 0 Å². The molecule has 0 heterocycles. The molecule has 1 rings (SSSR count). The lowest BCUT2D eigenvalue weighted by atomic mass is 10.1. The molecule has 0 saturated heterocycles. The molecule has 84 valence electrons. The lowest BCUT2D eigenvalue weighted by molar-refractivity contribution is 0.552. The van der Waals surface area contributed by atoms with Crippen molar-refractivity contribution in [3.8, 4) is 0 Å². The number of rotatable bonds is 2. The van der Waals surface area contributed by atoms with Crippen molar-refractivity contribution in [3.63, 3.8) is 0 Å². The standard InChI is InChI=1S/C11H15BrF2Si/c1-7(15(2,3)4)11-9(13)5-8(12)6-10(11)14/h5-7H,1-4H3. The first-order valence-corrected chi connectivity index (χ1v) is 9.25. The molecule has 4 heteroatoms. The molecule has 0 nitrogen and oxygen atoms in total. The van der Waals surface area contributed by atoms with E-state index in [0.29, 0.717) is 4.47 Å². The second-order valence-corrected chi connectivity index (χ2v) is 11.4. The van der Waals surface area contributed by atoms with Gasteiger partial charge in [0.1, 0.15) is 11.6 Å². The van der Waals surface area contributed by atoms with Gasteiger partial charge >= 0.3 is 0 Å². The summed E-state index contributed by atoms with van der Waals surface area (Å²) >= 11 is 3.08. The second kappa shape index (κ2) is 4.34. The SMILES string of the molecule is CC(c1c(F)cc(Br)cc1F)[Si](C)(C)C. The maximum atomic E-state index is 13.6. The average molecular weight is 293 g/mol. The summed E-state index contributed by atoms with van der Waals surface area (Å²) < 4.78 is 27.7. The van der Waals surface area contributed by atoms with Crippen LogP contribution in [-0.4, -0.2) is 8.07 Å². The molecule has 15 heavy (non-hydrogen) atoms. The first-order chi connectivity index (χ1) is 6.73. The van der Waals surface area contributed by atoms with Crippen LogP contribution in [0.2, 0.25) is 19.6 Å². The van der Waals surface area contributed by atoms with Gasteiger partial charge in [-0.25, -0.2) is 8.78 Å². The zero-order valence-corrected chi connectivity index (χ0v) is 12.0. The van der Waals surface area contributed by atoms with Crippen LogP contribution in [0.5, 0.6) is 0 Å². The number of halogens is 3. The average Bonchev–Trinajstić information content (AvgIpc) is 1.99. The highest BCUT2D eigenvalue weighted by Crippen LogP contribution is 2.32. The van der Waals surface area contributed by atoms with Gasteiger partial charge in [-0.1, -0.05) is 42.5 Å². The van der Waals surface area contributed by atoms with Crippen LogP contribution in [0.4, 0.5) is 8.78 Å². The van der Waals surface area contributed by atoms with Crippen molar-refractivity contribution in [2.45, 2.75) is 32.1 Å². The lowest BCUT2D eigenvalue weighted by Gasteiger charge is -2.26. The maximum absolute atomic E-state index is 13.6. The zero-order chi connectivity index (χ0) is 11.8. The maximum Gasteiger partial charge on any atom is 0.130 e. The zero-order valence-electron chi connectivity index (χ0n) is 9.37. The summed E-state index contributed by atoms with van der Waals surface area (Å²) in [4.78, 5) is 0. The van der Waals surface area contributed by atoms with Gasteiger partial charge in [-0.3, -0.25) is 0 Å². The van der Waals surface area contributed by atoms with Crippen molar-refractivity contribution in [1.82, 2.24) is 0 Å². The quantitative estimate of drug-likeness (QED) is 0.693. The molecular formula is C11H15BrF2Si. The molecule has 0 aliphatic heterocycles. The molecule has 0 spiro atoms. The Balaban J connectivity index is 3.26. The molecule has 0 N–H and O–H groups in total. The van der Waals surface area contributed by atoms with E-state index in [1.807, 2.05) is 6.92 Å². The Hall–Kier alpha value is -0.223. The van der Waals surface area contributed by atoms with E-state index in [4.69, 9.17) is 0 Å². The summed E-state index contributed by atoms with van der Waals surface area (Å²) in [5.41, 5.74) is 0.211. The fourth-order valence-electron chi connectivity index (χ4n) is 1.40. The summed E-state index contributed by atoms with van der Waals surface area (Å²) in [5.74, 6) is -0.895. The van der Waals surface area contributed by atoms with Crippen LogP contribution in [0.15, 0.2) is 16.6 Å². The van der Waals surface area contributed by atoms with Crippen LogP contribution in [0, 0.1) is 11.6 Å². The second-order valence-electron chi connectivity index (χ2n) is 4.87. The van der Waals surface area contributed by atoms with Crippen LogP contribution in [0.25, 0.3) is 0 Å². The van der Waals surface area contributed by atoms with Crippen molar-refractivity contribution in [3.05, 3.63) is 33.8 Å². The van der Waals surface area contributed by atoms with E-state index >= 15 is 0 Å². The number of hydrogen-bond donors (Lipinski definition) is 0. The summed E-state index contributed by atoms with van der Waals surface area (Å²) in [6, 6.07) is 2.66. The Morgan fingerprint density at radius 3 is 1.87 bits per heavy atom. The van der Waals surface area contributed by atoms with E-state index in [9.17, 15) is 8.78 Å². The minimum absolute atomic E-state index is 0.0226. The molecule has 1 aromatic rings. The third-order valence-corrected chi connectivity index (χ3v) is 6.12. The van der Waals surface area contributed by atoms with Crippen molar-refractivity contribution < 1.29 is 8.78 Å².